The number of amides is 2. The van der Waals surface area contributed by atoms with Crippen molar-refractivity contribution >= 4 is 22.1 Å². The molecule has 0 unspecified atom stereocenters. The van der Waals surface area contributed by atoms with Crippen LogP contribution in [0.2, 0.25) is 0 Å². The van der Waals surface area contributed by atoms with E-state index in [9.17, 15) is 18.0 Å². The average Bonchev–Trinajstić information content (AvgIpc) is 2.35. The summed E-state index contributed by atoms with van der Waals surface area (Å²) < 4.78 is 35.2. The monoisotopic (exact) mass is 314 g/mol. The molecule has 0 spiro atoms. The number of nitrogens with zero attached hydrogens (tertiary/aromatic N) is 1. The highest BCUT2D eigenvalue weighted by Crippen LogP contribution is 2.32. The van der Waals surface area contributed by atoms with E-state index in [0.29, 0.717) is 4.31 Å². The Morgan fingerprint density at radius 2 is 1.90 bits per heavy atom. The topological polar surface area (TPSA) is 113 Å². The Kier molecular flexibility index (Phi) is 3.88. The van der Waals surface area contributed by atoms with Crippen molar-refractivity contribution in [2.45, 2.75) is 25.9 Å². The average molecular weight is 314 g/mol. The van der Waals surface area contributed by atoms with Crippen molar-refractivity contribution in [1.82, 2.24) is 9.62 Å². The summed E-state index contributed by atoms with van der Waals surface area (Å²) in [6.07, 6.45) is 0. The van der Waals surface area contributed by atoms with Crippen LogP contribution in [0.3, 0.4) is 0 Å². The van der Waals surface area contributed by atoms with Gasteiger partial charge < -0.3 is 10.1 Å². The van der Waals surface area contributed by atoms with Gasteiger partial charge in [-0.25, -0.2) is 4.31 Å². The third-order valence-electron chi connectivity index (χ3n) is 2.98. The number of fused-ring (bicyclic) bond motifs is 2. The smallest absolute Gasteiger partial charge is 0.362 e. The van der Waals surface area contributed by atoms with Crippen LogP contribution in [0.25, 0.3) is 0 Å². The van der Waals surface area contributed by atoms with Crippen LogP contribution in [0.15, 0.2) is 24.3 Å². The summed E-state index contributed by atoms with van der Waals surface area (Å²) in [6, 6.07) is 6.24. The third-order valence-corrected chi connectivity index (χ3v) is 3.99. The van der Waals surface area contributed by atoms with Gasteiger partial charge in [0.15, 0.2) is 0 Å². The Labute approximate surface area is 121 Å². The molecule has 1 aromatic carbocycles. The minimum atomic E-state index is -4.50. The first-order valence-corrected chi connectivity index (χ1v) is 7.45. The molecule has 3 heterocycles. The standard InChI is InChI=1S/C6H10N2O5S.C6H4O/c1-3-5(7-4(2)9)6(10)8(3)14(11,12)13;1-2-5-4-6(3-1)7-5/h3,5H,1-2H3,(H,7,9)(H,11,12,13);1-4H/t3-,5+;/m1./s1. The first kappa shape index (κ1) is 15.3. The third kappa shape index (κ3) is 3.14. The normalized spacial score (nSPS) is 22.0. The van der Waals surface area contributed by atoms with E-state index in [2.05, 4.69) is 5.32 Å². The summed E-state index contributed by atoms with van der Waals surface area (Å²) in [7, 11) is -4.50. The minimum absolute atomic E-state index is 0.327. The first-order valence-electron chi connectivity index (χ1n) is 6.06. The summed E-state index contributed by atoms with van der Waals surface area (Å²) in [6.45, 7) is 2.63. The highest BCUT2D eigenvalue weighted by molar-refractivity contribution is 7.84. The van der Waals surface area contributed by atoms with Crippen molar-refractivity contribution < 1.29 is 27.3 Å². The van der Waals surface area contributed by atoms with Crippen molar-refractivity contribution in [3.05, 3.63) is 24.3 Å². The van der Waals surface area contributed by atoms with Crippen molar-refractivity contribution in [3.8, 4) is 11.5 Å². The lowest BCUT2D eigenvalue weighted by atomic mass is 10.0. The van der Waals surface area contributed by atoms with E-state index in [1.165, 1.54) is 13.8 Å². The lowest BCUT2D eigenvalue weighted by Gasteiger charge is -2.41. The lowest BCUT2D eigenvalue weighted by Crippen LogP contribution is -2.70. The summed E-state index contributed by atoms with van der Waals surface area (Å²) in [5.41, 5.74) is 0. The highest BCUT2D eigenvalue weighted by atomic mass is 32.2. The van der Waals surface area contributed by atoms with E-state index in [1.807, 2.05) is 24.3 Å². The fourth-order valence-electron chi connectivity index (χ4n) is 2.00. The molecule has 2 atom stereocenters. The van der Waals surface area contributed by atoms with E-state index < -0.39 is 34.2 Å². The Hall–Kier alpha value is -2.13. The predicted octanol–water partition coefficient (Wildman–Crippen LogP) is 0.317. The van der Waals surface area contributed by atoms with E-state index in [4.69, 9.17) is 9.29 Å². The molecule has 4 rings (SSSR count). The molecule has 0 radical (unpaired) electrons. The molecule has 3 aliphatic rings. The summed E-state index contributed by atoms with van der Waals surface area (Å²) in [4.78, 5) is 21.7. The molecule has 3 aliphatic heterocycles. The molecular weight excluding hydrogens is 300 g/mol. The van der Waals surface area contributed by atoms with Gasteiger partial charge in [0, 0.05) is 13.0 Å². The maximum atomic E-state index is 11.1. The van der Waals surface area contributed by atoms with Crippen molar-refractivity contribution in [3.63, 3.8) is 0 Å². The van der Waals surface area contributed by atoms with Crippen LogP contribution >= 0.6 is 0 Å². The molecule has 0 saturated carbocycles. The number of carbonyl (C=O) groups is 2. The van der Waals surface area contributed by atoms with E-state index >= 15 is 0 Å². The second kappa shape index (κ2) is 5.34. The number of benzene rings is 1. The fourth-order valence-corrected chi connectivity index (χ4v) is 2.88. The van der Waals surface area contributed by atoms with Crippen molar-refractivity contribution in [2.24, 2.45) is 0 Å². The van der Waals surface area contributed by atoms with Crippen LogP contribution in [0.4, 0.5) is 0 Å². The molecule has 2 bridgehead atoms. The van der Waals surface area contributed by atoms with Gasteiger partial charge in [-0.2, -0.15) is 8.42 Å². The number of nitrogens with one attached hydrogen (secondary N) is 1. The number of β-lactam (4-membered cyclic amide) rings is 1. The van der Waals surface area contributed by atoms with Gasteiger partial charge in [-0.3, -0.25) is 14.1 Å². The first-order chi connectivity index (χ1) is 9.70. The number of hydrogen-bond donors (Lipinski definition) is 2. The van der Waals surface area contributed by atoms with Gasteiger partial charge in [0.05, 0.1) is 6.04 Å². The van der Waals surface area contributed by atoms with Crippen molar-refractivity contribution in [2.75, 3.05) is 0 Å². The van der Waals surface area contributed by atoms with Gasteiger partial charge in [0.1, 0.15) is 17.5 Å². The Balaban J connectivity index is 0.000000189. The molecule has 9 heteroatoms. The Morgan fingerprint density at radius 1 is 1.38 bits per heavy atom. The van der Waals surface area contributed by atoms with Crippen LogP contribution in [0.1, 0.15) is 13.8 Å². The molecule has 1 fully saturated rings. The number of hydrogen-bond acceptors (Lipinski definition) is 5. The van der Waals surface area contributed by atoms with Crippen LogP contribution in [-0.2, 0) is 19.9 Å². The predicted molar refractivity (Wildman–Crippen MR) is 72.0 cm³/mol. The van der Waals surface area contributed by atoms with E-state index in [1.54, 1.807) is 0 Å². The van der Waals surface area contributed by atoms with Crippen LogP contribution in [-0.4, -0.2) is 41.2 Å². The van der Waals surface area contributed by atoms with Crippen molar-refractivity contribution in [1.29, 1.82) is 0 Å². The summed E-state index contributed by atoms with van der Waals surface area (Å²) in [5.74, 6) is 0.718. The fraction of sp³-hybridized carbons (Fsp3) is 0.333. The molecule has 1 aromatic rings. The quantitative estimate of drug-likeness (QED) is 0.609. The zero-order chi connectivity index (χ0) is 15.8. The maximum absolute atomic E-state index is 11.1. The zero-order valence-corrected chi connectivity index (χ0v) is 12.1. The van der Waals surface area contributed by atoms with E-state index in [0.717, 1.165) is 11.5 Å². The summed E-state index contributed by atoms with van der Waals surface area (Å²) in [5, 5.41) is 2.28. The minimum Gasteiger partial charge on any atom is -0.457 e. The molecule has 21 heavy (non-hydrogen) atoms. The van der Waals surface area contributed by atoms with Gasteiger partial charge in [0.25, 0.3) is 5.91 Å². The van der Waals surface area contributed by atoms with Gasteiger partial charge in [-0.05, 0) is 19.1 Å². The number of carbonyl (C=O) groups excluding carboxylic acids is 2. The van der Waals surface area contributed by atoms with Gasteiger partial charge in [-0.1, -0.05) is 6.07 Å². The van der Waals surface area contributed by atoms with Gasteiger partial charge in [0.2, 0.25) is 5.91 Å². The molecule has 0 aromatic heterocycles. The maximum Gasteiger partial charge on any atom is 0.362 e. The van der Waals surface area contributed by atoms with Crippen LogP contribution in [0, 0.1) is 0 Å². The van der Waals surface area contributed by atoms with Crippen LogP contribution < -0.4 is 10.1 Å². The second-order valence-electron chi connectivity index (χ2n) is 4.61. The molecule has 1 saturated heterocycles. The largest absolute Gasteiger partial charge is 0.457 e. The second-order valence-corrected chi connectivity index (χ2v) is 5.90. The highest BCUT2D eigenvalue weighted by Gasteiger charge is 2.50. The Bertz CT molecular complexity index is 662. The van der Waals surface area contributed by atoms with Crippen LogP contribution in [0.5, 0.6) is 11.5 Å². The molecule has 2 amide bonds. The van der Waals surface area contributed by atoms with Gasteiger partial charge in [-0.15, -0.1) is 0 Å². The Morgan fingerprint density at radius 3 is 2.14 bits per heavy atom. The molecule has 0 aliphatic carbocycles. The van der Waals surface area contributed by atoms with E-state index in [-0.39, 0.29) is 0 Å². The molecule has 2 N–H and O–H groups in total. The number of rotatable bonds is 2. The molecule has 114 valence electrons. The molecular formula is C12H14N2O6S. The number of ether oxygens (including phenoxy) is 1. The summed E-state index contributed by atoms with van der Waals surface area (Å²) >= 11 is 0. The van der Waals surface area contributed by atoms with Gasteiger partial charge >= 0.3 is 10.3 Å². The SMILES string of the molecule is CC(=O)N[C@@H]1C(=O)N(S(=O)(=O)O)[C@@H]1C.c1cc2cc(c1)O2. The lowest BCUT2D eigenvalue weighted by molar-refractivity contribution is -0.144. The molecule has 8 nitrogen and oxygen atoms in total. The zero-order valence-electron chi connectivity index (χ0n) is 11.3.